The fourth-order valence-electron chi connectivity index (χ4n) is 1.11. The molecule has 1 rings (SSSR count). The van der Waals surface area contributed by atoms with Gasteiger partial charge < -0.3 is 5.21 Å². The Kier molecular flexibility index (Phi) is 3.34. The smallest absolute Gasteiger partial charge is 0.416 e. The van der Waals surface area contributed by atoms with Gasteiger partial charge >= 0.3 is 6.18 Å². The molecule has 0 N–H and O–H groups in total. The number of alkyl halides is 3. The van der Waals surface area contributed by atoms with Gasteiger partial charge in [-0.15, -0.1) is 0 Å². The van der Waals surface area contributed by atoms with Crippen LogP contribution in [-0.2, 0) is 12.6 Å². The monoisotopic (exact) mass is 217 g/mol. The maximum atomic E-state index is 12.3. The van der Waals surface area contributed by atoms with Gasteiger partial charge in [0.1, 0.15) is 7.05 Å². The summed E-state index contributed by atoms with van der Waals surface area (Å²) in [7, 11) is 1.29. The molecule has 15 heavy (non-hydrogen) atoms. The highest BCUT2D eigenvalue weighted by Gasteiger charge is 2.30. The molecule has 1 aromatic rings. The molecule has 0 amide bonds. The second-order valence-electron chi connectivity index (χ2n) is 3.13. The van der Waals surface area contributed by atoms with Crippen molar-refractivity contribution >= 4 is 6.21 Å². The van der Waals surface area contributed by atoms with Crippen LogP contribution >= 0.6 is 0 Å². The van der Waals surface area contributed by atoms with Gasteiger partial charge in [0.2, 0.25) is 0 Å². The van der Waals surface area contributed by atoms with E-state index < -0.39 is 11.7 Å². The Balaban J connectivity index is 2.89. The van der Waals surface area contributed by atoms with Gasteiger partial charge in [0.15, 0.2) is 6.21 Å². The predicted octanol–water partition coefficient (Wildman–Crippen LogP) is 2.46. The van der Waals surface area contributed by atoms with Crippen LogP contribution in [0.5, 0.6) is 0 Å². The standard InChI is InChI=1S/C10H10F3NO/c1-14(15)6-5-8-3-2-4-9(7-8)10(11,12)13/h2-4,6-7H,5H2,1H3/b14-6-. The van der Waals surface area contributed by atoms with Gasteiger partial charge in [-0.3, -0.25) is 0 Å². The summed E-state index contributed by atoms with van der Waals surface area (Å²) in [4.78, 5) is 0. The van der Waals surface area contributed by atoms with Gasteiger partial charge in [0.05, 0.1) is 12.0 Å². The van der Waals surface area contributed by atoms with Crippen LogP contribution in [0.2, 0.25) is 0 Å². The van der Waals surface area contributed by atoms with Crippen LogP contribution in [0.1, 0.15) is 11.1 Å². The van der Waals surface area contributed by atoms with Gasteiger partial charge in [0, 0.05) is 0 Å². The van der Waals surface area contributed by atoms with Crippen LogP contribution in [0.15, 0.2) is 24.3 Å². The van der Waals surface area contributed by atoms with Crippen molar-refractivity contribution in [2.75, 3.05) is 7.05 Å². The van der Waals surface area contributed by atoms with Crippen LogP contribution in [0.4, 0.5) is 13.2 Å². The molecule has 0 unspecified atom stereocenters. The Morgan fingerprint density at radius 1 is 1.40 bits per heavy atom. The summed E-state index contributed by atoms with van der Waals surface area (Å²) in [5.41, 5.74) is -0.227. The molecule has 0 aliphatic rings. The van der Waals surface area contributed by atoms with Gasteiger partial charge in [-0.25, -0.2) is 4.74 Å². The molecular weight excluding hydrogens is 207 g/mol. The average Bonchev–Trinajstić information content (AvgIpc) is 2.14. The van der Waals surface area contributed by atoms with Crippen molar-refractivity contribution in [3.8, 4) is 0 Å². The average molecular weight is 217 g/mol. The largest absolute Gasteiger partial charge is 0.624 e. The van der Waals surface area contributed by atoms with E-state index in [-0.39, 0.29) is 6.42 Å². The second-order valence-corrected chi connectivity index (χ2v) is 3.13. The molecule has 1 aromatic carbocycles. The van der Waals surface area contributed by atoms with Gasteiger partial charge in [-0.05, 0) is 11.6 Å². The number of rotatable bonds is 2. The molecule has 0 bridgehead atoms. The van der Waals surface area contributed by atoms with Gasteiger partial charge in [0.25, 0.3) is 0 Å². The van der Waals surface area contributed by atoms with E-state index in [0.29, 0.717) is 10.3 Å². The van der Waals surface area contributed by atoms with Crippen LogP contribution in [0.3, 0.4) is 0 Å². The summed E-state index contributed by atoms with van der Waals surface area (Å²) in [6, 6.07) is 4.93. The minimum Gasteiger partial charge on any atom is -0.624 e. The summed E-state index contributed by atoms with van der Waals surface area (Å²) in [5, 5.41) is 10.5. The Bertz CT molecular complexity index is 367. The summed E-state index contributed by atoms with van der Waals surface area (Å²) in [6.45, 7) is 0. The molecule has 5 heteroatoms. The van der Waals surface area contributed by atoms with E-state index in [4.69, 9.17) is 0 Å². The first-order valence-corrected chi connectivity index (χ1v) is 4.29. The molecule has 0 atom stereocenters. The Labute approximate surface area is 85.2 Å². The SMILES string of the molecule is C/[N+]([O-])=C/Cc1cccc(C(F)(F)F)c1. The van der Waals surface area contributed by atoms with Gasteiger partial charge in [-0.1, -0.05) is 18.2 Å². The second kappa shape index (κ2) is 4.33. The van der Waals surface area contributed by atoms with Crippen LogP contribution < -0.4 is 0 Å². The van der Waals surface area contributed by atoms with Crippen molar-refractivity contribution in [2.24, 2.45) is 0 Å². The number of hydrogen-bond donors (Lipinski definition) is 0. The third kappa shape index (κ3) is 3.61. The number of hydrogen-bond acceptors (Lipinski definition) is 1. The molecule has 0 aromatic heterocycles. The first kappa shape index (κ1) is 11.6. The predicted molar refractivity (Wildman–Crippen MR) is 50.8 cm³/mol. The first-order chi connectivity index (χ1) is 6.89. The molecule has 0 aliphatic heterocycles. The molecule has 0 aliphatic carbocycles. The maximum Gasteiger partial charge on any atom is 0.416 e. The van der Waals surface area contributed by atoms with Crippen molar-refractivity contribution in [1.29, 1.82) is 0 Å². The summed E-state index contributed by atoms with van der Waals surface area (Å²) in [6.07, 6.45) is -2.86. The Morgan fingerprint density at radius 2 is 2.07 bits per heavy atom. The molecule has 2 nitrogen and oxygen atoms in total. The first-order valence-electron chi connectivity index (χ1n) is 4.29. The zero-order valence-corrected chi connectivity index (χ0v) is 8.08. The molecule has 0 fully saturated rings. The van der Waals surface area contributed by atoms with Crippen molar-refractivity contribution in [3.63, 3.8) is 0 Å². The molecule has 0 saturated heterocycles. The quantitative estimate of drug-likeness (QED) is 0.323. The third-order valence-corrected chi connectivity index (χ3v) is 1.84. The lowest BCUT2D eigenvalue weighted by molar-refractivity contribution is -0.418. The zero-order chi connectivity index (χ0) is 11.5. The lowest BCUT2D eigenvalue weighted by Crippen LogP contribution is -2.06. The molecule has 82 valence electrons. The number of halogens is 3. The summed E-state index contributed by atoms with van der Waals surface area (Å²) in [5.74, 6) is 0. The molecule has 0 saturated carbocycles. The summed E-state index contributed by atoms with van der Waals surface area (Å²) >= 11 is 0. The highest BCUT2D eigenvalue weighted by Crippen LogP contribution is 2.29. The fourth-order valence-corrected chi connectivity index (χ4v) is 1.11. The Hall–Kier alpha value is -1.52. The van der Waals surface area contributed by atoms with Crippen LogP contribution in [0.25, 0.3) is 0 Å². The topological polar surface area (TPSA) is 26.1 Å². The van der Waals surface area contributed by atoms with E-state index in [2.05, 4.69) is 0 Å². The van der Waals surface area contributed by atoms with Crippen molar-refractivity contribution in [2.45, 2.75) is 12.6 Å². The van der Waals surface area contributed by atoms with E-state index in [0.717, 1.165) is 12.1 Å². The number of nitrogens with zero attached hydrogens (tertiary/aromatic N) is 1. The molecule has 0 spiro atoms. The van der Waals surface area contributed by atoms with E-state index in [1.165, 1.54) is 19.3 Å². The zero-order valence-electron chi connectivity index (χ0n) is 8.08. The number of benzene rings is 1. The minimum absolute atomic E-state index is 0.198. The molecule has 0 heterocycles. The van der Waals surface area contributed by atoms with E-state index in [1.54, 1.807) is 6.07 Å². The third-order valence-electron chi connectivity index (χ3n) is 1.84. The molecule has 0 radical (unpaired) electrons. The minimum atomic E-state index is -4.33. The number of hydroxylamine groups is 1. The van der Waals surface area contributed by atoms with Crippen molar-refractivity contribution in [3.05, 3.63) is 40.6 Å². The van der Waals surface area contributed by atoms with Crippen molar-refractivity contribution in [1.82, 2.24) is 0 Å². The Morgan fingerprint density at radius 3 is 2.60 bits per heavy atom. The van der Waals surface area contributed by atoms with Crippen LogP contribution in [-0.4, -0.2) is 18.0 Å². The van der Waals surface area contributed by atoms with E-state index in [9.17, 15) is 18.4 Å². The van der Waals surface area contributed by atoms with E-state index >= 15 is 0 Å². The summed E-state index contributed by atoms with van der Waals surface area (Å²) < 4.78 is 37.4. The fraction of sp³-hybridized carbons (Fsp3) is 0.300. The highest BCUT2D eigenvalue weighted by atomic mass is 19.4. The lowest BCUT2D eigenvalue weighted by Gasteiger charge is -2.07. The van der Waals surface area contributed by atoms with Crippen LogP contribution in [0, 0.1) is 5.21 Å². The van der Waals surface area contributed by atoms with Crippen molar-refractivity contribution < 1.29 is 17.9 Å². The molecular formula is C10H10F3NO. The lowest BCUT2D eigenvalue weighted by atomic mass is 10.1. The normalized spacial score (nSPS) is 12.9. The van der Waals surface area contributed by atoms with E-state index in [1.807, 2.05) is 0 Å². The maximum absolute atomic E-state index is 12.3. The van der Waals surface area contributed by atoms with Gasteiger partial charge in [-0.2, -0.15) is 13.2 Å². The highest BCUT2D eigenvalue weighted by molar-refractivity contribution is 5.56.